The van der Waals surface area contributed by atoms with E-state index in [0.29, 0.717) is 40.7 Å². The number of rotatable bonds is 9. The third kappa shape index (κ3) is 5.23. The molecule has 0 unspecified atom stereocenters. The van der Waals surface area contributed by atoms with E-state index in [2.05, 4.69) is 5.32 Å². The molecule has 172 valence electrons. The molecule has 0 aromatic heterocycles. The van der Waals surface area contributed by atoms with E-state index in [0.717, 1.165) is 5.56 Å². The van der Waals surface area contributed by atoms with Gasteiger partial charge in [-0.2, -0.15) is 11.8 Å². The predicted molar refractivity (Wildman–Crippen MR) is 120 cm³/mol. The number of hydrogen-bond acceptors (Lipinski definition) is 8. The number of amides is 1. The molecule has 33 heavy (non-hydrogen) atoms. The van der Waals surface area contributed by atoms with Gasteiger partial charge in [0, 0.05) is 6.07 Å². The summed E-state index contributed by atoms with van der Waals surface area (Å²) in [6, 6.07) is 8.96. The first-order chi connectivity index (χ1) is 15.9. The van der Waals surface area contributed by atoms with Gasteiger partial charge in [0.2, 0.25) is 12.6 Å². The number of Topliss-reactive ketones (excluding diaryl/α,β-unsaturated/α-hetero) is 1. The van der Waals surface area contributed by atoms with E-state index in [9.17, 15) is 19.5 Å². The quantitative estimate of drug-likeness (QED) is 0.532. The molecule has 1 amide bonds. The van der Waals surface area contributed by atoms with Crippen LogP contribution in [0.15, 0.2) is 42.2 Å². The third-order valence-corrected chi connectivity index (χ3v) is 5.59. The molecule has 1 atom stereocenters. The van der Waals surface area contributed by atoms with Crippen LogP contribution in [0.3, 0.4) is 0 Å². The maximum Gasteiger partial charge on any atom is 0.326 e. The molecule has 2 aromatic carbocycles. The Bertz CT molecular complexity index is 1130. The molecule has 10 heteroatoms. The molecule has 0 bridgehead atoms. The highest BCUT2D eigenvalue weighted by Crippen LogP contribution is 2.37. The zero-order valence-corrected chi connectivity index (χ0v) is 18.5. The van der Waals surface area contributed by atoms with Crippen molar-refractivity contribution in [1.82, 2.24) is 5.32 Å². The van der Waals surface area contributed by atoms with Crippen molar-refractivity contribution in [2.45, 2.75) is 12.5 Å². The minimum atomic E-state index is -1.09. The Morgan fingerprint density at radius 1 is 1.18 bits per heavy atom. The summed E-state index contributed by atoms with van der Waals surface area (Å²) in [6.07, 6.45) is 3.79. The van der Waals surface area contributed by atoms with Crippen molar-refractivity contribution < 1.29 is 38.4 Å². The second-order valence-electron chi connectivity index (χ2n) is 7.24. The minimum absolute atomic E-state index is 0.150. The number of aliphatic carboxylic acids is 1. The Morgan fingerprint density at radius 2 is 2.00 bits per heavy atom. The first-order valence-corrected chi connectivity index (χ1v) is 11.5. The van der Waals surface area contributed by atoms with Crippen LogP contribution < -0.4 is 24.3 Å². The third-order valence-electron chi connectivity index (χ3n) is 4.95. The minimum Gasteiger partial charge on any atom is -0.484 e. The monoisotopic (exact) mass is 471 g/mol. The van der Waals surface area contributed by atoms with Crippen LogP contribution in [0.5, 0.6) is 23.0 Å². The lowest BCUT2D eigenvalue weighted by Gasteiger charge is -2.14. The molecular formula is C23H21NO8S. The number of thioether (sulfide) groups is 1. The van der Waals surface area contributed by atoms with Crippen molar-refractivity contribution in [2.24, 2.45) is 0 Å². The van der Waals surface area contributed by atoms with Crippen LogP contribution in [0.4, 0.5) is 0 Å². The van der Waals surface area contributed by atoms with Gasteiger partial charge in [0.1, 0.15) is 17.5 Å². The fourth-order valence-electron chi connectivity index (χ4n) is 3.29. The van der Waals surface area contributed by atoms with Gasteiger partial charge >= 0.3 is 5.97 Å². The van der Waals surface area contributed by atoms with Crippen LogP contribution in [-0.2, 0) is 9.59 Å². The van der Waals surface area contributed by atoms with Crippen LogP contribution >= 0.6 is 11.8 Å². The standard InChI is InChI=1S/C23H21NO8S/c1-33-7-6-16(23(27)28)24-21(25)11-29-14-3-4-15-18(10-14)32-20(22(15)26)9-13-2-5-17-19(8-13)31-12-30-17/h2-5,8-10,16H,6-7,11-12H2,1H3,(H,24,25)(H,27,28)/t16-/m1/s1. The number of nitrogens with one attached hydrogen (secondary N) is 1. The fraction of sp³-hybridized carbons (Fsp3) is 0.261. The summed E-state index contributed by atoms with van der Waals surface area (Å²) in [7, 11) is 0. The first-order valence-electron chi connectivity index (χ1n) is 10.1. The molecule has 0 aliphatic carbocycles. The van der Waals surface area contributed by atoms with E-state index in [-0.39, 0.29) is 24.9 Å². The average Bonchev–Trinajstić information content (AvgIpc) is 3.39. The van der Waals surface area contributed by atoms with E-state index in [1.54, 1.807) is 36.4 Å². The topological polar surface area (TPSA) is 120 Å². The van der Waals surface area contributed by atoms with Crippen LogP contribution in [0, 0.1) is 0 Å². The van der Waals surface area contributed by atoms with Crippen molar-refractivity contribution in [3.63, 3.8) is 0 Å². The molecule has 0 fully saturated rings. The van der Waals surface area contributed by atoms with Gasteiger partial charge in [-0.15, -0.1) is 0 Å². The Kier molecular flexibility index (Phi) is 6.74. The van der Waals surface area contributed by atoms with E-state index in [1.165, 1.54) is 17.8 Å². The van der Waals surface area contributed by atoms with Crippen molar-refractivity contribution in [1.29, 1.82) is 0 Å². The molecule has 9 nitrogen and oxygen atoms in total. The Hall–Kier alpha value is -3.66. The number of hydrogen-bond donors (Lipinski definition) is 2. The lowest BCUT2D eigenvalue weighted by atomic mass is 10.1. The normalized spacial score (nSPS) is 15.7. The van der Waals surface area contributed by atoms with Gasteiger partial charge in [0.05, 0.1) is 5.56 Å². The molecule has 2 N–H and O–H groups in total. The van der Waals surface area contributed by atoms with Gasteiger partial charge in [-0.3, -0.25) is 9.59 Å². The van der Waals surface area contributed by atoms with E-state index in [4.69, 9.17) is 18.9 Å². The fourth-order valence-corrected chi connectivity index (χ4v) is 3.76. The maximum absolute atomic E-state index is 12.7. The lowest BCUT2D eigenvalue weighted by Crippen LogP contribution is -2.43. The molecule has 2 aromatic rings. The highest BCUT2D eigenvalue weighted by molar-refractivity contribution is 7.98. The van der Waals surface area contributed by atoms with Crippen molar-refractivity contribution >= 4 is 35.5 Å². The number of fused-ring (bicyclic) bond motifs is 2. The van der Waals surface area contributed by atoms with Gasteiger partial charge < -0.3 is 29.4 Å². The highest BCUT2D eigenvalue weighted by Gasteiger charge is 2.28. The summed E-state index contributed by atoms with van der Waals surface area (Å²) in [5.41, 5.74) is 1.10. The number of carboxylic acid groups (broad SMARTS) is 1. The zero-order chi connectivity index (χ0) is 23.4. The van der Waals surface area contributed by atoms with Crippen LogP contribution in [0.1, 0.15) is 22.3 Å². The number of ether oxygens (including phenoxy) is 4. The summed E-state index contributed by atoms with van der Waals surface area (Å²) in [5.74, 6) is 0.708. The Balaban J connectivity index is 1.38. The molecular weight excluding hydrogens is 450 g/mol. The van der Waals surface area contributed by atoms with Crippen molar-refractivity contribution in [2.75, 3.05) is 25.4 Å². The predicted octanol–water partition coefficient (Wildman–Crippen LogP) is 2.73. The number of ketones is 1. The number of benzene rings is 2. The molecule has 2 aliphatic heterocycles. The second kappa shape index (κ2) is 9.86. The number of carboxylic acids is 1. The van der Waals surface area contributed by atoms with Crippen molar-refractivity contribution in [3.8, 4) is 23.0 Å². The van der Waals surface area contributed by atoms with Gasteiger partial charge in [0.15, 0.2) is 23.9 Å². The Labute approximate surface area is 193 Å². The van der Waals surface area contributed by atoms with E-state index >= 15 is 0 Å². The molecule has 0 saturated carbocycles. The summed E-state index contributed by atoms with van der Waals surface area (Å²) < 4.78 is 21.8. The van der Waals surface area contributed by atoms with Crippen molar-refractivity contribution in [3.05, 3.63) is 53.3 Å². The summed E-state index contributed by atoms with van der Waals surface area (Å²) in [5, 5.41) is 11.7. The molecule has 0 spiro atoms. The van der Waals surface area contributed by atoms with Gasteiger partial charge in [-0.25, -0.2) is 4.79 Å². The largest absolute Gasteiger partial charge is 0.484 e. The zero-order valence-electron chi connectivity index (χ0n) is 17.7. The van der Waals surface area contributed by atoms with E-state index in [1.807, 2.05) is 6.26 Å². The molecule has 2 heterocycles. The summed E-state index contributed by atoms with van der Waals surface area (Å²) in [4.78, 5) is 36.0. The molecule has 2 aliphatic rings. The summed E-state index contributed by atoms with van der Waals surface area (Å²) in [6.45, 7) is -0.207. The number of carbonyl (C=O) groups excluding carboxylic acids is 2. The van der Waals surface area contributed by atoms with Gasteiger partial charge in [-0.05, 0) is 54.3 Å². The van der Waals surface area contributed by atoms with Gasteiger partial charge in [-0.1, -0.05) is 6.07 Å². The van der Waals surface area contributed by atoms with Gasteiger partial charge in [0.25, 0.3) is 5.91 Å². The van der Waals surface area contributed by atoms with Crippen LogP contribution in [-0.4, -0.2) is 54.2 Å². The maximum atomic E-state index is 12.7. The number of allylic oxidation sites excluding steroid dienone is 1. The first kappa shape index (κ1) is 22.5. The lowest BCUT2D eigenvalue weighted by molar-refractivity contribution is -0.142. The van der Waals surface area contributed by atoms with Crippen LogP contribution in [0.25, 0.3) is 6.08 Å². The van der Waals surface area contributed by atoms with E-state index < -0.39 is 17.9 Å². The smallest absolute Gasteiger partial charge is 0.326 e. The molecule has 0 radical (unpaired) electrons. The SMILES string of the molecule is CSCC[C@@H](NC(=O)COc1ccc2c(c1)OC(=Cc1ccc3c(c1)OCO3)C2=O)C(=O)O. The van der Waals surface area contributed by atoms with Crippen LogP contribution in [0.2, 0.25) is 0 Å². The highest BCUT2D eigenvalue weighted by atomic mass is 32.2. The molecule has 4 rings (SSSR count). The summed E-state index contributed by atoms with van der Waals surface area (Å²) >= 11 is 1.50. The Morgan fingerprint density at radius 3 is 2.79 bits per heavy atom. The second-order valence-corrected chi connectivity index (χ2v) is 8.22. The number of carbonyl (C=O) groups is 3. The molecule has 0 saturated heterocycles. The average molecular weight is 471 g/mol.